The van der Waals surface area contributed by atoms with Crippen molar-refractivity contribution in [3.63, 3.8) is 0 Å². The Bertz CT molecular complexity index is 897. The van der Waals surface area contributed by atoms with Gasteiger partial charge < -0.3 is 0 Å². The summed E-state index contributed by atoms with van der Waals surface area (Å²) in [6, 6.07) is 13.3. The molecule has 1 saturated heterocycles. The number of aryl methyl sites for hydroxylation is 1. The number of hydrogen-bond acceptors (Lipinski definition) is 5. The van der Waals surface area contributed by atoms with Gasteiger partial charge in [0.25, 0.3) is 11.8 Å². The van der Waals surface area contributed by atoms with Crippen molar-refractivity contribution in [3.05, 3.63) is 64.7 Å². The van der Waals surface area contributed by atoms with Crippen LogP contribution in [0.25, 0.3) is 0 Å². The fraction of sp³-hybridized carbons (Fsp3) is 0.263. The molecule has 4 rings (SSSR count). The molecule has 1 fully saturated rings. The van der Waals surface area contributed by atoms with Gasteiger partial charge in [-0.15, -0.1) is 0 Å². The fourth-order valence-electron chi connectivity index (χ4n) is 3.29. The molecule has 132 valence electrons. The minimum atomic E-state index is -0.796. The summed E-state index contributed by atoms with van der Waals surface area (Å²) in [5.41, 5.74) is 2.55. The summed E-state index contributed by atoms with van der Waals surface area (Å²) >= 11 is 6.20. The molecule has 2 atom stereocenters. The van der Waals surface area contributed by atoms with Crippen molar-refractivity contribution in [3.8, 4) is 0 Å². The van der Waals surface area contributed by atoms with Crippen LogP contribution in [0, 0.1) is 0 Å². The van der Waals surface area contributed by atoms with Gasteiger partial charge in [-0.3, -0.25) is 14.6 Å². The van der Waals surface area contributed by atoms with Crippen LogP contribution < -0.4 is 4.90 Å². The lowest BCUT2D eigenvalue weighted by Gasteiger charge is -2.21. The molecular formula is C19H17ClN4O2. The zero-order chi connectivity index (χ0) is 18.3. The maximum absolute atomic E-state index is 12.9. The van der Waals surface area contributed by atoms with Crippen molar-refractivity contribution in [1.29, 1.82) is 0 Å². The number of fused-ring (bicyclic) bond motifs is 1. The first-order chi connectivity index (χ1) is 12.6. The van der Waals surface area contributed by atoms with E-state index in [0.717, 1.165) is 17.5 Å². The molecule has 2 unspecified atom stereocenters. The Balaban J connectivity index is 1.60. The second kappa shape index (κ2) is 6.53. The zero-order valence-electron chi connectivity index (χ0n) is 14.2. The van der Waals surface area contributed by atoms with Gasteiger partial charge in [0.2, 0.25) is 0 Å². The maximum Gasteiger partial charge on any atom is 0.263 e. The summed E-state index contributed by atoms with van der Waals surface area (Å²) in [6.45, 7) is 2.38. The summed E-state index contributed by atoms with van der Waals surface area (Å²) in [5.74, 6) is -0.643. The molecule has 2 aliphatic heterocycles. The minimum Gasteiger partial charge on any atom is -0.271 e. The summed E-state index contributed by atoms with van der Waals surface area (Å²) in [6.07, 6.45) is 0.896. The monoisotopic (exact) mass is 368 g/mol. The van der Waals surface area contributed by atoms with Crippen LogP contribution in [0.3, 0.4) is 0 Å². The molecule has 2 amide bonds. The molecular weight excluding hydrogens is 352 g/mol. The largest absolute Gasteiger partial charge is 0.271 e. The van der Waals surface area contributed by atoms with E-state index >= 15 is 0 Å². The molecule has 7 heteroatoms. The molecule has 0 aliphatic carbocycles. The van der Waals surface area contributed by atoms with Gasteiger partial charge in [0.15, 0.2) is 12.1 Å². The van der Waals surface area contributed by atoms with E-state index in [-0.39, 0.29) is 11.8 Å². The lowest BCUT2D eigenvalue weighted by atomic mass is 10.1. The number of hydrogen-bond donors (Lipinski definition) is 0. The van der Waals surface area contributed by atoms with Crippen LogP contribution in [0.2, 0.25) is 5.02 Å². The van der Waals surface area contributed by atoms with Gasteiger partial charge in [-0.25, -0.2) is 4.90 Å². The van der Waals surface area contributed by atoms with Crippen LogP contribution in [-0.4, -0.2) is 28.9 Å². The smallest absolute Gasteiger partial charge is 0.263 e. The second-order valence-corrected chi connectivity index (χ2v) is 6.72. The fourth-order valence-corrected chi connectivity index (χ4v) is 3.49. The molecule has 0 spiro atoms. The standard InChI is InChI=1S/C19H17ClN4O2/c1-2-12-7-9-14(10-8-12)24-18(25)16-17(19(24)26)23(22-21-16)11-13-5-3-4-6-15(13)20/h3-10,16-17H,2,11H2,1H3. The third kappa shape index (κ3) is 2.66. The minimum absolute atomic E-state index is 0.304. The number of amides is 2. The maximum atomic E-state index is 12.9. The van der Waals surface area contributed by atoms with E-state index < -0.39 is 12.1 Å². The molecule has 0 bridgehead atoms. The molecule has 2 aliphatic rings. The van der Waals surface area contributed by atoms with Crippen LogP contribution in [0.15, 0.2) is 58.9 Å². The third-order valence-corrected chi connectivity index (χ3v) is 5.12. The Morgan fingerprint density at radius 3 is 2.46 bits per heavy atom. The van der Waals surface area contributed by atoms with Gasteiger partial charge in [0, 0.05) is 5.02 Å². The van der Waals surface area contributed by atoms with Gasteiger partial charge >= 0.3 is 0 Å². The van der Waals surface area contributed by atoms with Gasteiger partial charge in [0.05, 0.1) is 12.2 Å². The predicted octanol–water partition coefficient (Wildman–Crippen LogP) is 3.40. The first-order valence-electron chi connectivity index (χ1n) is 8.47. The molecule has 6 nitrogen and oxygen atoms in total. The lowest BCUT2D eigenvalue weighted by Crippen LogP contribution is -2.39. The molecule has 0 aromatic heterocycles. The highest BCUT2D eigenvalue weighted by Crippen LogP contribution is 2.33. The van der Waals surface area contributed by atoms with Crippen LogP contribution in [-0.2, 0) is 22.6 Å². The van der Waals surface area contributed by atoms with Gasteiger partial charge in [-0.2, -0.15) is 5.11 Å². The van der Waals surface area contributed by atoms with E-state index in [1.165, 1.54) is 4.90 Å². The van der Waals surface area contributed by atoms with Crippen LogP contribution in [0.5, 0.6) is 0 Å². The van der Waals surface area contributed by atoms with Crippen LogP contribution in [0.1, 0.15) is 18.1 Å². The lowest BCUT2D eigenvalue weighted by molar-refractivity contribution is -0.123. The number of carbonyl (C=O) groups is 2. The number of anilines is 1. The van der Waals surface area contributed by atoms with Gasteiger partial charge in [-0.05, 0) is 35.7 Å². The number of nitrogens with zero attached hydrogens (tertiary/aromatic N) is 4. The summed E-state index contributed by atoms with van der Waals surface area (Å²) in [4.78, 5) is 26.9. The Hall–Kier alpha value is -2.73. The van der Waals surface area contributed by atoms with Gasteiger partial charge in [0.1, 0.15) is 0 Å². The number of rotatable bonds is 4. The average Bonchev–Trinajstić information content (AvgIpc) is 3.17. The number of benzene rings is 2. The van der Waals surface area contributed by atoms with Crippen molar-refractivity contribution in [1.82, 2.24) is 5.01 Å². The van der Waals surface area contributed by atoms with Crippen molar-refractivity contribution in [2.45, 2.75) is 32.0 Å². The van der Waals surface area contributed by atoms with E-state index in [1.54, 1.807) is 23.2 Å². The summed E-state index contributed by atoms with van der Waals surface area (Å²) in [7, 11) is 0. The predicted molar refractivity (Wildman–Crippen MR) is 97.7 cm³/mol. The highest BCUT2D eigenvalue weighted by Gasteiger charge is 2.54. The second-order valence-electron chi connectivity index (χ2n) is 6.32. The molecule has 0 saturated carbocycles. The molecule has 2 heterocycles. The van der Waals surface area contributed by atoms with Crippen molar-refractivity contribution < 1.29 is 9.59 Å². The Morgan fingerprint density at radius 1 is 1.04 bits per heavy atom. The number of halogens is 1. The number of imide groups is 1. The first kappa shape index (κ1) is 16.7. The highest BCUT2D eigenvalue weighted by atomic mass is 35.5. The Labute approximate surface area is 156 Å². The molecule has 0 N–H and O–H groups in total. The van der Waals surface area contributed by atoms with Gasteiger partial charge in [-0.1, -0.05) is 54.1 Å². The normalized spacial score (nSPS) is 21.6. The van der Waals surface area contributed by atoms with Crippen LogP contribution >= 0.6 is 11.6 Å². The molecule has 0 radical (unpaired) electrons. The SMILES string of the molecule is CCc1ccc(N2C(=O)C3N=NN(Cc4ccccc4Cl)C3C2=O)cc1. The van der Waals surface area contributed by atoms with Crippen LogP contribution in [0.4, 0.5) is 5.69 Å². The quantitative estimate of drug-likeness (QED) is 0.777. The molecule has 26 heavy (non-hydrogen) atoms. The summed E-state index contributed by atoms with van der Waals surface area (Å²) < 4.78 is 0. The molecule has 2 aromatic rings. The molecule has 2 aromatic carbocycles. The summed E-state index contributed by atoms with van der Waals surface area (Å²) in [5, 5.41) is 10.2. The zero-order valence-corrected chi connectivity index (χ0v) is 14.9. The van der Waals surface area contributed by atoms with E-state index in [4.69, 9.17) is 11.6 Å². The topological polar surface area (TPSA) is 65.3 Å². The number of carbonyl (C=O) groups excluding carboxylic acids is 2. The van der Waals surface area contributed by atoms with Crippen molar-refractivity contribution in [2.24, 2.45) is 10.3 Å². The first-order valence-corrected chi connectivity index (χ1v) is 8.85. The Kier molecular flexibility index (Phi) is 4.20. The van der Waals surface area contributed by atoms with E-state index in [0.29, 0.717) is 17.3 Å². The van der Waals surface area contributed by atoms with E-state index in [9.17, 15) is 9.59 Å². The third-order valence-electron chi connectivity index (χ3n) is 4.75. The Morgan fingerprint density at radius 2 is 1.77 bits per heavy atom. The van der Waals surface area contributed by atoms with E-state index in [1.807, 2.05) is 30.3 Å². The average molecular weight is 369 g/mol. The van der Waals surface area contributed by atoms with E-state index in [2.05, 4.69) is 17.3 Å². The van der Waals surface area contributed by atoms with Crippen molar-refractivity contribution >= 4 is 29.1 Å². The van der Waals surface area contributed by atoms with Crippen molar-refractivity contribution in [2.75, 3.05) is 4.90 Å². The highest BCUT2D eigenvalue weighted by molar-refractivity contribution is 6.31.